The molecule has 2 N–H and O–H groups in total. The average molecular weight is 361 g/mol. The second-order valence-corrected chi connectivity index (χ2v) is 7.74. The number of aromatic nitrogens is 2. The predicted molar refractivity (Wildman–Crippen MR) is 101 cm³/mol. The van der Waals surface area contributed by atoms with Gasteiger partial charge in [0.15, 0.2) is 0 Å². The Kier molecular flexibility index (Phi) is 4.94. The topological polar surface area (TPSA) is 76.1 Å². The first kappa shape index (κ1) is 17.7. The van der Waals surface area contributed by atoms with Gasteiger partial charge in [-0.25, -0.2) is 0 Å². The minimum atomic E-state index is -0.203. The molecule has 1 aromatic carbocycles. The van der Waals surface area contributed by atoms with Gasteiger partial charge in [0, 0.05) is 6.04 Å². The fourth-order valence-corrected chi connectivity index (χ4v) is 4.01. The van der Waals surface area contributed by atoms with Crippen LogP contribution in [0.4, 0.5) is 5.82 Å². The number of thioether (sulfide) groups is 1. The Hall–Kier alpha value is -2.15. The van der Waals surface area contributed by atoms with Gasteiger partial charge in [0.1, 0.15) is 11.6 Å². The van der Waals surface area contributed by atoms with E-state index in [1.165, 1.54) is 11.8 Å². The van der Waals surface area contributed by atoms with E-state index in [4.69, 9.17) is 4.74 Å². The summed E-state index contributed by atoms with van der Waals surface area (Å²) >= 11 is 1.46. The molecule has 0 bridgehead atoms. The number of amides is 1. The monoisotopic (exact) mass is 361 g/mol. The van der Waals surface area contributed by atoms with E-state index in [1.807, 2.05) is 52.0 Å². The number of anilines is 1. The molecule has 1 aliphatic heterocycles. The molecule has 0 fully saturated rings. The number of H-pyrrole nitrogens is 1. The summed E-state index contributed by atoms with van der Waals surface area (Å²) in [6.07, 6.45) is 0.106. The first-order valence-electron chi connectivity index (χ1n) is 8.39. The van der Waals surface area contributed by atoms with Crippen molar-refractivity contribution in [2.45, 2.75) is 45.1 Å². The van der Waals surface area contributed by atoms with Crippen molar-refractivity contribution in [1.29, 1.82) is 0 Å². The van der Waals surface area contributed by atoms with Gasteiger partial charge in [-0.05, 0) is 45.4 Å². The van der Waals surface area contributed by atoms with Gasteiger partial charge in [-0.15, -0.1) is 11.8 Å². The van der Waals surface area contributed by atoms with Crippen LogP contribution in [0.3, 0.4) is 0 Å². The second kappa shape index (κ2) is 7.00. The summed E-state index contributed by atoms with van der Waals surface area (Å²) in [5.74, 6) is 1.58. The van der Waals surface area contributed by atoms with Crippen LogP contribution in [0.25, 0.3) is 0 Å². The van der Waals surface area contributed by atoms with Crippen LogP contribution < -0.4 is 15.6 Å². The van der Waals surface area contributed by atoms with Gasteiger partial charge in [-0.3, -0.25) is 19.4 Å². The number of nitrogens with one attached hydrogen (secondary N) is 2. The maximum atomic E-state index is 12.6. The molecule has 1 aromatic heterocycles. The molecule has 1 unspecified atom stereocenters. The van der Waals surface area contributed by atoms with E-state index < -0.39 is 0 Å². The van der Waals surface area contributed by atoms with Crippen molar-refractivity contribution in [2.75, 3.05) is 11.1 Å². The Morgan fingerprint density at radius 2 is 1.84 bits per heavy atom. The van der Waals surface area contributed by atoms with E-state index in [0.29, 0.717) is 17.1 Å². The molecule has 1 amide bonds. The van der Waals surface area contributed by atoms with E-state index in [0.717, 1.165) is 11.3 Å². The Labute approximate surface area is 150 Å². The third-order valence-electron chi connectivity index (χ3n) is 3.93. The number of carbonyl (C=O) groups excluding carboxylic acids is 1. The number of fused-ring (bicyclic) bond motifs is 1. The quantitative estimate of drug-likeness (QED) is 0.876. The van der Waals surface area contributed by atoms with E-state index in [2.05, 4.69) is 10.4 Å². The Morgan fingerprint density at radius 3 is 2.44 bits per heavy atom. The zero-order valence-corrected chi connectivity index (χ0v) is 15.6. The van der Waals surface area contributed by atoms with Crippen LogP contribution in [-0.4, -0.2) is 27.5 Å². The van der Waals surface area contributed by atoms with Crippen LogP contribution in [0.2, 0.25) is 0 Å². The van der Waals surface area contributed by atoms with Gasteiger partial charge >= 0.3 is 0 Å². The number of rotatable bonds is 4. The molecule has 7 heteroatoms. The molecule has 2 heterocycles. The summed E-state index contributed by atoms with van der Waals surface area (Å²) in [6, 6.07) is 7.77. The molecule has 0 spiro atoms. The number of hydrogen-bond donors (Lipinski definition) is 2. The molecule has 1 atom stereocenters. The Bertz CT molecular complexity index is 821. The molecule has 134 valence electrons. The van der Waals surface area contributed by atoms with Gasteiger partial charge in [0.2, 0.25) is 5.91 Å². The van der Waals surface area contributed by atoms with Crippen molar-refractivity contribution in [3.8, 4) is 5.75 Å². The number of carbonyl (C=O) groups is 1. The van der Waals surface area contributed by atoms with E-state index in [1.54, 1.807) is 4.68 Å². The molecule has 0 saturated heterocycles. The normalized spacial score (nSPS) is 17.4. The third kappa shape index (κ3) is 3.61. The first-order valence-corrected chi connectivity index (χ1v) is 9.44. The SMILES string of the molecule is CC(C)Oc1ccc(C2SCC(=O)Nc3c2c(=O)[nH]n3C(C)C)cc1. The summed E-state index contributed by atoms with van der Waals surface area (Å²) in [7, 11) is 0. The lowest BCUT2D eigenvalue weighted by atomic mass is 10.1. The number of nitrogens with zero attached hydrogens (tertiary/aromatic N) is 1. The summed E-state index contributed by atoms with van der Waals surface area (Å²) in [4.78, 5) is 24.7. The van der Waals surface area contributed by atoms with Crippen molar-refractivity contribution in [3.63, 3.8) is 0 Å². The van der Waals surface area contributed by atoms with Crippen LogP contribution in [-0.2, 0) is 4.79 Å². The van der Waals surface area contributed by atoms with Gasteiger partial charge < -0.3 is 10.1 Å². The molecule has 0 saturated carbocycles. The summed E-state index contributed by atoms with van der Waals surface area (Å²) in [5, 5.41) is 5.52. The minimum absolute atomic E-state index is 0.0438. The highest BCUT2D eigenvalue weighted by atomic mass is 32.2. The molecule has 2 aromatic rings. The van der Waals surface area contributed by atoms with E-state index in [9.17, 15) is 9.59 Å². The predicted octanol–water partition coefficient (Wildman–Crippen LogP) is 3.32. The highest BCUT2D eigenvalue weighted by molar-refractivity contribution is 8.00. The maximum absolute atomic E-state index is 12.6. The molecular formula is C18H23N3O3S. The smallest absolute Gasteiger partial charge is 0.270 e. The standard InChI is InChI=1S/C18H23N3O3S/c1-10(2)21-17-15(18(23)20-21)16(25-9-14(22)19-17)12-5-7-13(8-6-12)24-11(3)4/h5-8,10-11,16H,9H2,1-4H3,(H,19,22)(H,20,23). The first-order chi connectivity index (χ1) is 11.9. The van der Waals surface area contributed by atoms with Gasteiger partial charge in [-0.1, -0.05) is 12.1 Å². The molecule has 3 rings (SSSR count). The fourth-order valence-electron chi connectivity index (χ4n) is 2.89. The molecule has 1 aliphatic rings. The lowest BCUT2D eigenvalue weighted by molar-refractivity contribution is -0.113. The highest BCUT2D eigenvalue weighted by Crippen LogP contribution is 2.40. The van der Waals surface area contributed by atoms with Crippen LogP contribution in [0.15, 0.2) is 29.1 Å². The molecule has 6 nitrogen and oxygen atoms in total. The Balaban J connectivity index is 2.03. The molecule has 25 heavy (non-hydrogen) atoms. The molecular weight excluding hydrogens is 338 g/mol. The van der Waals surface area contributed by atoms with Gasteiger partial charge in [0.05, 0.1) is 22.7 Å². The summed E-state index contributed by atoms with van der Waals surface area (Å²) in [5.41, 5.74) is 1.42. The Morgan fingerprint density at radius 1 is 1.16 bits per heavy atom. The number of ether oxygens (including phenoxy) is 1. The largest absolute Gasteiger partial charge is 0.491 e. The summed E-state index contributed by atoms with van der Waals surface area (Å²) < 4.78 is 7.41. The lowest BCUT2D eigenvalue weighted by Gasteiger charge is -2.16. The summed E-state index contributed by atoms with van der Waals surface area (Å²) in [6.45, 7) is 7.89. The number of aromatic amines is 1. The molecule has 0 radical (unpaired) electrons. The average Bonchev–Trinajstić information content (AvgIpc) is 2.75. The van der Waals surface area contributed by atoms with E-state index in [-0.39, 0.29) is 28.9 Å². The lowest BCUT2D eigenvalue weighted by Crippen LogP contribution is -2.17. The van der Waals surface area contributed by atoms with Crippen molar-refractivity contribution < 1.29 is 9.53 Å². The minimum Gasteiger partial charge on any atom is -0.491 e. The van der Waals surface area contributed by atoms with E-state index >= 15 is 0 Å². The fraction of sp³-hybridized carbons (Fsp3) is 0.444. The zero-order chi connectivity index (χ0) is 18.1. The van der Waals surface area contributed by atoms with Crippen molar-refractivity contribution in [1.82, 2.24) is 9.78 Å². The number of hydrogen-bond acceptors (Lipinski definition) is 4. The van der Waals surface area contributed by atoms with Crippen LogP contribution >= 0.6 is 11.8 Å². The van der Waals surface area contributed by atoms with Gasteiger partial charge in [0.25, 0.3) is 5.56 Å². The van der Waals surface area contributed by atoms with Crippen LogP contribution in [0.1, 0.15) is 50.1 Å². The van der Waals surface area contributed by atoms with Crippen molar-refractivity contribution in [2.24, 2.45) is 0 Å². The van der Waals surface area contributed by atoms with Crippen LogP contribution in [0.5, 0.6) is 5.75 Å². The molecule has 0 aliphatic carbocycles. The zero-order valence-electron chi connectivity index (χ0n) is 14.8. The maximum Gasteiger partial charge on any atom is 0.270 e. The number of benzene rings is 1. The van der Waals surface area contributed by atoms with Crippen molar-refractivity contribution >= 4 is 23.5 Å². The third-order valence-corrected chi connectivity index (χ3v) is 5.20. The van der Waals surface area contributed by atoms with Crippen molar-refractivity contribution in [3.05, 3.63) is 45.7 Å². The van der Waals surface area contributed by atoms with Gasteiger partial charge in [-0.2, -0.15) is 0 Å². The second-order valence-electron chi connectivity index (χ2n) is 6.64. The highest BCUT2D eigenvalue weighted by Gasteiger charge is 2.30. The van der Waals surface area contributed by atoms with Crippen LogP contribution in [0, 0.1) is 0 Å².